The third kappa shape index (κ3) is 2.56. The van der Waals surface area contributed by atoms with Crippen molar-refractivity contribution < 1.29 is 13.2 Å². The fraction of sp³-hybridized carbons (Fsp3) is 0.556. The van der Waals surface area contributed by atoms with Crippen LogP contribution in [0.1, 0.15) is 9.67 Å². The number of rotatable bonds is 2. The number of carbonyl (C=O) groups is 1. The molecule has 2 heterocycles. The summed E-state index contributed by atoms with van der Waals surface area (Å²) < 4.78 is 22.6. The summed E-state index contributed by atoms with van der Waals surface area (Å²) in [6.45, 7) is 0.431. The maximum absolute atomic E-state index is 12.2. The Hall–Kier alpha value is -1.35. The first kappa shape index (κ1) is 13.1. The molecule has 1 saturated heterocycles. The maximum atomic E-state index is 12.2. The van der Waals surface area contributed by atoms with E-state index in [1.54, 1.807) is 7.05 Å². The number of sulfone groups is 1. The zero-order valence-corrected chi connectivity index (χ0v) is 11.5. The highest BCUT2D eigenvalue weighted by Gasteiger charge is 2.28. The monoisotopic (exact) mass is 290 g/mol. The normalized spacial score (nSPS) is 18.6. The number of nitrogens with one attached hydrogen (secondary N) is 1. The van der Waals surface area contributed by atoms with Crippen molar-refractivity contribution in [3.8, 4) is 0 Å². The van der Waals surface area contributed by atoms with Crippen LogP contribution in [0, 0.1) is 0 Å². The van der Waals surface area contributed by atoms with Crippen LogP contribution in [-0.2, 0) is 9.84 Å². The van der Waals surface area contributed by atoms with Crippen LogP contribution in [0.2, 0.25) is 0 Å². The fourth-order valence-electron chi connectivity index (χ4n) is 1.65. The summed E-state index contributed by atoms with van der Waals surface area (Å²) in [5.74, 6) is -0.0451. The summed E-state index contributed by atoms with van der Waals surface area (Å²) in [7, 11) is -1.30. The SMILES string of the molecule is CNc1nc(N)c(C(=O)N2CCS(=O)(=O)CC2)s1. The van der Waals surface area contributed by atoms with Gasteiger partial charge in [-0.3, -0.25) is 4.79 Å². The summed E-state index contributed by atoms with van der Waals surface area (Å²) in [4.78, 5) is 18.0. The molecule has 1 aliphatic heterocycles. The first-order chi connectivity index (χ1) is 8.43. The number of carbonyl (C=O) groups excluding carboxylic acids is 1. The number of thiazole rings is 1. The second-order valence-corrected chi connectivity index (χ2v) is 7.23. The number of hydrogen-bond donors (Lipinski definition) is 2. The first-order valence-electron chi connectivity index (χ1n) is 5.37. The molecule has 3 N–H and O–H groups in total. The molecule has 9 heteroatoms. The van der Waals surface area contributed by atoms with E-state index in [1.165, 1.54) is 16.2 Å². The van der Waals surface area contributed by atoms with Crippen LogP contribution >= 0.6 is 11.3 Å². The van der Waals surface area contributed by atoms with Gasteiger partial charge in [0.1, 0.15) is 10.7 Å². The minimum Gasteiger partial charge on any atom is -0.382 e. The summed E-state index contributed by atoms with van der Waals surface area (Å²) in [5, 5.41) is 3.39. The molecule has 2 rings (SSSR count). The van der Waals surface area contributed by atoms with Gasteiger partial charge >= 0.3 is 0 Å². The Balaban J connectivity index is 2.14. The van der Waals surface area contributed by atoms with Gasteiger partial charge in [0.05, 0.1) is 11.5 Å². The topological polar surface area (TPSA) is 105 Å². The lowest BCUT2D eigenvalue weighted by atomic mass is 10.4. The van der Waals surface area contributed by atoms with Crippen molar-refractivity contribution in [2.24, 2.45) is 0 Å². The van der Waals surface area contributed by atoms with E-state index in [2.05, 4.69) is 10.3 Å². The second-order valence-electron chi connectivity index (χ2n) is 3.93. The lowest BCUT2D eigenvalue weighted by Crippen LogP contribution is -2.43. The molecule has 0 saturated carbocycles. The van der Waals surface area contributed by atoms with Gasteiger partial charge in [0.2, 0.25) is 0 Å². The Kier molecular flexibility index (Phi) is 3.44. The Morgan fingerprint density at radius 2 is 2.06 bits per heavy atom. The van der Waals surface area contributed by atoms with Gasteiger partial charge in [-0.15, -0.1) is 0 Å². The molecule has 1 aliphatic rings. The lowest BCUT2D eigenvalue weighted by Gasteiger charge is -2.26. The van der Waals surface area contributed by atoms with Gasteiger partial charge in [-0.2, -0.15) is 0 Å². The van der Waals surface area contributed by atoms with Crippen molar-refractivity contribution in [3.05, 3.63) is 4.88 Å². The van der Waals surface area contributed by atoms with Crippen molar-refractivity contribution in [2.75, 3.05) is 42.7 Å². The molecule has 0 aliphatic carbocycles. The molecule has 1 aromatic heterocycles. The van der Waals surface area contributed by atoms with Crippen LogP contribution in [0.4, 0.5) is 10.9 Å². The quantitative estimate of drug-likeness (QED) is 0.770. The molecule has 0 spiro atoms. The molecule has 0 atom stereocenters. The van der Waals surface area contributed by atoms with Crippen molar-refractivity contribution in [1.82, 2.24) is 9.88 Å². The standard InChI is InChI=1S/C9H14N4O3S2/c1-11-9-12-7(10)6(17-9)8(14)13-2-4-18(15,16)5-3-13/h2-5,10H2,1H3,(H,11,12). The van der Waals surface area contributed by atoms with Crippen molar-refractivity contribution in [3.63, 3.8) is 0 Å². The van der Waals surface area contributed by atoms with Crippen LogP contribution in [0.3, 0.4) is 0 Å². The van der Waals surface area contributed by atoms with E-state index >= 15 is 0 Å². The van der Waals surface area contributed by atoms with E-state index in [1.807, 2.05) is 0 Å². The van der Waals surface area contributed by atoms with Gasteiger partial charge in [-0.1, -0.05) is 11.3 Å². The molecule has 100 valence electrons. The van der Waals surface area contributed by atoms with E-state index in [0.29, 0.717) is 10.0 Å². The van der Waals surface area contributed by atoms with Crippen LogP contribution in [-0.4, -0.2) is 55.9 Å². The number of nitrogen functional groups attached to an aromatic ring is 1. The third-order valence-corrected chi connectivity index (χ3v) is 5.38. The zero-order valence-electron chi connectivity index (χ0n) is 9.84. The van der Waals surface area contributed by atoms with Crippen LogP contribution < -0.4 is 11.1 Å². The highest BCUT2D eigenvalue weighted by atomic mass is 32.2. The third-order valence-electron chi connectivity index (χ3n) is 2.69. The predicted molar refractivity (Wildman–Crippen MR) is 70.6 cm³/mol. The minimum absolute atomic E-state index is 0.0103. The molecule has 0 unspecified atom stereocenters. The van der Waals surface area contributed by atoms with E-state index in [4.69, 9.17) is 5.73 Å². The number of nitrogens with zero attached hydrogens (tertiary/aromatic N) is 2. The number of aromatic nitrogens is 1. The van der Waals surface area contributed by atoms with E-state index in [-0.39, 0.29) is 36.3 Å². The number of nitrogens with two attached hydrogens (primary N) is 1. The van der Waals surface area contributed by atoms with Gasteiger partial charge in [-0.05, 0) is 0 Å². The molecule has 1 aromatic rings. The van der Waals surface area contributed by atoms with E-state index in [0.717, 1.165) is 0 Å². The Morgan fingerprint density at radius 1 is 1.44 bits per heavy atom. The largest absolute Gasteiger partial charge is 0.382 e. The Morgan fingerprint density at radius 3 is 2.56 bits per heavy atom. The molecule has 0 aromatic carbocycles. The lowest BCUT2D eigenvalue weighted by molar-refractivity contribution is 0.0776. The summed E-state index contributed by atoms with van der Waals surface area (Å²) in [5.41, 5.74) is 5.67. The summed E-state index contributed by atoms with van der Waals surface area (Å²) in [6, 6.07) is 0. The van der Waals surface area contributed by atoms with Crippen molar-refractivity contribution in [1.29, 1.82) is 0 Å². The highest BCUT2D eigenvalue weighted by Crippen LogP contribution is 2.26. The number of amides is 1. The van der Waals surface area contributed by atoms with E-state index in [9.17, 15) is 13.2 Å². The summed E-state index contributed by atoms with van der Waals surface area (Å²) in [6.07, 6.45) is 0. The second kappa shape index (κ2) is 4.73. The van der Waals surface area contributed by atoms with Gasteiger partial charge < -0.3 is 16.0 Å². The Bertz CT molecular complexity index is 552. The first-order valence-corrected chi connectivity index (χ1v) is 8.00. The van der Waals surface area contributed by atoms with Gasteiger partial charge in [-0.25, -0.2) is 13.4 Å². The van der Waals surface area contributed by atoms with E-state index < -0.39 is 9.84 Å². The molecule has 1 amide bonds. The van der Waals surface area contributed by atoms with Crippen LogP contribution in [0.5, 0.6) is 0 Å². The van der Waals surface area contributed by atoms with Gasteiger partial charge in [0.25, 0.3) is 5.91 Å². The van der Waals surface area contributed by atoms with Crippen molar-refractivity contribution >= 4 is 38.0 Å². The predicted octanol–water partition coefficient (Wildman–Crippen LogP) is -0.362. The smallest absolute Gasteiger partial charge is 0.267 e. The Labute approximate surface area is 109 Å². The molecule has 0 bridgehead atoms. The molecule has 7 nitrogen and oxygen atoms in total. The number of hydrogen-bond acceptors (Lipinski definition) is 7. The average Bonchev–Trinajstić information content (AvgIpc) is 2.70. The van der Waals surface area contributed by atoms with Crippen LogP contribution in [0.15, 0.2) is 0 Å². The fourth-order valence-corrected chi connectivity index (χ4v) is 3.66. The number of anilines is 2. The van der Waals surface area contributed by atoms with Gasteiger partial charge in [0.15, 0.2) is 15.0 Å². The van der Waals surface area contributed by atoms with Crippen LogP contribution in [0.25, 0.3) is 0 Å². The average molecular weight is 290 g/mol. The molecule has 0 radical (unpaired) electrons. The molecule has 18 heavy (non-hydrogen) atoms. The van der Waals surface area contributed by atoms with Crippen molar-refractivity contribution in [2.45, 2.75) is 0 Å². The molecule has 1 fully saturated rings. The van der Waals surface area contributed by atoms with Gasteiger partial charge in [0, 0.05) is 20.1 Å². The molecular weight excluding hydrogens is 276 g/mol. The maximum Gasteiger partial charge on any atom is 0.267 e. The minimum atomic E-state index is -2.99. The zero-order chi connectivity index (χ0) is 13.3. The molecular formula is C9H14N4O3S2. The highest BCUT2D eigenvalue weighted by molar-refractivity contribution is 7.91. The summed E-state index contributed by atoms with van der Waals surface area (Å²) >= 11 is 1.17.